The summed E-state index contributed by atoms with van der Waals surface area (Å²) in [5, 5.41) is 12.2. The van der Waals surface area contributed by atoms with E-state index in [1.54, 1.807) is 14.2 Å². The molecule has 0 aliphatic carbocycles. The summed E-state index contributed by atoms with van der Waals surface area (Å²) in [5.74, 6) is 1.43. The molecule has 21 heavy (non-hydrogen) atoms. The third kappa shape index (κ3) is 3.38. The van der Waals surface area contributed by atoms with Gasteiger partial charge in [0.25, 0.3) is 0 Å². The van der Waals surface area contributed by atoms with Crippen LogP contribution in [-0.2, 0) is 0 Å². The molecule has 0 atom stereocenters. The van der Waals surface area contributed by atoms with E-state index in [0.29, 0.717) is 18.0 Å². The van der Waals surface area contributed by atoms with E-state index >= 15 is 0 Å². The summed E-state index contributed by atoms with van der Waals surface area (Å²) in [7, 11) is 3.23. The van der Waals surface area contributed by atoms with E-state index in [0.717, 1.165) is 22.6 Å². The third-order valence-electron chi connectivity index (χ3n) is 3.17. The molecule has 5 heteroatoms. The molecule has 0 aliphatic rings. The summed E-state index contributed by atoms with van der Waals surface area (Å²) in [5.41, 5.74) is 9.28. The highest BCUT2D eigenvalue weighted by Gasteiger charge is 2.12. The lowest BCUT2D eigenvalue weighted by molar-refractivity contribution is 0.311. The van der Waals surface area contributed by atoms with Gasteiger partial charge in [-0.1, -0.05) is 0 Å². The topological polar surface area (TPSA) is 76.7 Å². The van der Waals surface area contributed by atoms with Crippen LogP contribution in [-0.4, -0.2) is 32.5 Å². The fraction of sp³-hybridized carbons (Fsp3) is 0.250. The zero-order chi connectivity index (χ0) is 15.2. The number of hydrogen-bond donors (Lipinski definition) is 3. The Morgan fingerprint density at radius 2 is 1.86 bits per heavy atom. The molecule has 2 aromatic rings. The van der Waals surface area contributed by atoms with E-state index in [9.17, 15) is 0 Å². The SMILES string of the molecule is COc1ccc(-c2cc(N)ccc2NCCO)c(OC)c1. The Balaban J connectivity index is 2.51. The second-order valence-electron chi connectivity index (χ2n) is 4.52. The number of aliphatic hydroxyl groups excluding tert-OH is 1. The van der Waals surface area contributed by atoms with Gasteiger partial charge in [-0.2, -0.15) is 0 Å². The molecule has 2 aromatic carbocycles. The van der Waals surface area contributed by atoms with E-state index in [1.165, 1.54) is 0 Å². The fourth-order valence-electron chi connectivity index (χ4n) is 2.15. The first kappa shape index (κ1) is 15.0. The lowest BCUT2D eigenvalue weighted by Gasteiger charge is -2.16. The van der Waals surface area contributed by atoms with E-state index < -0.39 is 0 Å². The highest BCUT2D eigenvalue weighted by Crippen LogP contribution is 2.38. The first-order chi connectivity index (χ1) is 10.2. The minimum absolute atomic E-state index is 0.0591. The van der Waals surface area contributed by atoms with E-state index in [-0.39, 0.29) is 6.61 Å². The first-order valence-electron chi connectivity index (χ1n) is 6.66. The Hall–Kier alpha value is -2.40. The molecule has 0 aliphatic heterocycles. The summed E-state index contributed by atoms with van der Waals surface area (Å²) < 4.78 is 10.7. The van der Waals surface area contributed by atoms with Crippen LogP contribution in [0.4, 0.5) is 11.4 Å². The maximum absolute atomic E-state index is 8.98. The molecule has 112 valence electrons. The number of hydrogen-bond acceptors (Lipinski definition) is 5. The molecule has 5 nitrogen and oxygen atoms in total. The largest absolute Gasteiger partial charge is 0.497 e. The second-order valence-corrected chi connectivity index (χ2v) is 4.52. The van der Waals surface area contributed by atoms with Crippen molar-refractivity contribution in [2.24, 2.45) is 0 Å². The Bertz CT molecular complexity index is 614. The van der Waals surface area contributed by atoms with Gasteiger partial charge in [0.2, 0.25) is 0 Å². The fourth-order valence-corrected chi connectivity index (χ4v) is 2.15. The molecule has 0 saturated heterocycles. The van der Waals surface area contributed by atoms with E-state index in [2.05, 4.69) is 5.32 Å². The Labute approximate surface area is 124 Å². The van der Waals surface area contributed by atoms with Crippen LogP contribution in [0.2, 0.25) is 0 Å². The van der Waals surface area contributed by atoms with Crippen LogP contribution in [0, 0.1) is 0 Å². The predicted molar refractivity (Wildman–Crippen MR) is 85.0 cm³/mol. The Morgan fingerprint density at radius 1 is 1.05 bits per heavy atom. The molecule has 0 saturated carbocycles. The number of nitrogens with one attached hydrogen (secondary N) is 1. The molecular weight excluding hydrogens is 268 g/mol. The van der Waals surface area contributed by atoms with Crippen molar-refractivity contribution in [1.82, 2.24) is 0 Å². The smallest absolute Gasteiger partial charge is 0.130 e. The Kier molecular flexibility index (Phi) is 4.90. The third-order valence-corrected chi connectivity index (χ3v) is 3.17. The minimum Gasteiger partial charge on any atom is -0.497 e. The van der Waals surface area contributed by atoms with E-state index in [1.807, 2.05) is 36.4 Å². The van der Waals surface area contributed by atoms with Gasteiger partial charge in [0.15, 0.2) is 0 Å². The number of nitrogens with two attached hydrogens (primary N) is 1. The molecule has 0 aromatic heterocycles. The van der Waals surface area contributed by atoms with Gasteiger partial charge in [-0.15, -0.1) is 0 Å². The van der Waals surface area contributed by atoms with Gasteiger partial charge >= 0.3 is 0 Å². The van der Waals surface area contributed by atoms with Crippen molar-refractivity contribution in [3.63, 3.8) is 0 Å². The summed E-state index contributed by atoms with van der Waals surface area (Å²) >= 11 is 0. The van der Waals surface area contributed by atoms with Crippen molar-refractivity contribution in [2.75, 3.05) is 38.4 Å². The second kappa shape index (κ2) is 6.85. The number of aliphatic hydroxyl groups is 1. The summed E-state index contributed by atoms with van der Waals surface area (Å²) in [6, 6.07) is 11.2. The normalized spacial score (nSPS) is 10.2. The number of methoxy groups -OCH3 is 2. The van der Waals surface area contributed by atoms with Crippen LogP contribution in [0.25, 0.3) is 11.1 Å². The minimum atomic E-state index is 0.0591. The molecule has 0 radical (unpaired) electrons. The monoisotopic (exact) mass is 288 g/mol. The van der Waals surface area contributed by atoms with Crippen molar-refractivity contribution in [1.29, 1.82) is 0 Å². The van der Waals surface area contributed by atoms with Gasteiger partial charge in [0, 0.05) is 35.1 Å². The molecule has 0 heterocycles. The number of anilines is 2. The van der Waals surface area contributed by atoms with Crippen LogP contribution < -0.4 is 20.5 Å². The van der Waals surface area contributed by atoms with Gasteiger partial charge in [0.05, 0.1) is 20.8 Å². The highest BCUT2D eigenvalue weighted by molar-refractivity contribution is 5.84. The number of benzene rings is 2. The zero-order valence-electron chi connectivity index (χ0n) is 12.2. The van der Waals surface area contributed by atoms with Crippen molar-refractivity contribution < 1.29 is 14.6 Å². The lowest BCUT2D eigenvalue weighted by atomic mass is 10.0. The van der Waals surface area contributed by atoms with Gasteiger partial charge in [-0.05, 0) is 30.3 Å². The summed E-state index contributed by atoms with van der Waals surface area (Å²) in [4.78, 5) is 0. The highest BCUT2D eigenvalue weighted by atomic mass is 16.5. The van der Waals surface area contributed by atoms with Gasteiger partial charge < -0.3 is 25.6 Å². The van der Waals surface area contributed by atoms with Gasteiger partial charge in [-0.3, -0.25) is 0 Å². The van der Waals surface area contributed by atoms with E-state index in [4.69, 9.17) is 20.3 Å². The van der Waals surface area contributed by atoms with Gasteiger partial charge in [-0.25, -0.2) is 0 Å². The maximum Gasteiger partial charge on any atom is 0.130 e. The number of nitrogen functional groups attached to an aromatic ring is 1. The van der Waals surface area contributed by atoms with Gasteiger partial charge in [0.1, 0.15) is 11.5 Å². The van der Waals surface area contributed by atoms with Crippen molar-refractivity contribution >= 4 is 11.4 Å². The molecule has 4 N–H and O–H groups in total. The van der Waals surface area contributed by atoms with Crippen molar-refractivity contribution in [3.8, 4) is 22.6 Å². The molecule has 0 spiro atoms. The lowest BCUT2D eigenvalue weighted by Crippen LogP contribution is -2.07. The molecule has 2 rings (SSSR count). The Morgan fingerprint density at radius 3 is 2.52 bits per heavy atom. The predicted octanol–water partition coefficient (Wildman–Crippen LogP) is 2.36. The number of ether oxygens (including phenoxy) is 2. The van der Waals surface area contributed by atoms with Crippen molar-refractivity contribution in [2.45, 2.75) is 0 Å². The molecule has 0 unspecified atom stereocenters. The average Bonchev–Trinajstić information content (AvgIpc) is 2.53. The molecule has 0 fully saturated rings. The first-order valence-corrected chi connectivity index (χ1v) is 6.66. The number of rotatable bonds is 6. The maximum atomic E-state index is 8.98. The van der Waals surface area contributed by atoms with Crippen LogP contribution in [0.15, 0.2) is 36.4 Å². The summed E-state index contributed by atoms with van der Waals surface area (Å²) in [6.45, 7) is 0.527. The van der Waals surface area contributed by atoms with Crippen LogP contribution >= 0.6 is 0 Å². The van der Waals surface area contributed by atoms with Crippen molar-refractivity contribution in [3.05, 3.63) is 36.4 Å². The van der Waals surface area contributed by atoms with Crippen LogP contribution in [0.3, 0.4) is 0 Å². The van der Waals surface area contributed by atoms with Crippen LogP contribution in [0.1, 0.15) is 0 Å². The molecule has 0 bridgehead atoms. The standard InChI is InChI=1S/C16H20N2O3/c1-20-12-4-5-13(16(10-12)21-2)14-9-11(17)3-6-15(14)18-7-8-19/h3-6,9-10,18-19H,7-8,17H2,1-2H3. The molecular formula is C16H20N2O3. The zero-order valence-corrected chi connectivity index (χ0v) is 12.2. The summed E-state index contributed by atoms with van der Waals surface area (Å²) in [6.07, 6.45) is 0. The average molecular weight is 288 g/mol. The van der Waals surface area contributed by atoms with Crippen LogP contribution in [0.5, 0.6) is 11.5 Å². The molecule has 0 amide bonds. The quantitative estimate of drug-likeness (QED) is 0.711.